The van der Waals surface area contributed by atoms with E-state index in [0.29, 0.717) is 5.75 Å². The van der Waals surface area contributed by atoms with E-state index in [2.05, 4.69) is 46.0 Å². The minimum atomic E-state index is -0.0698. The molecule has 122 valence electrons. The number of aryl methyl sites for hydroxylation is 1. The predicted octanol–water partition coefficient (Wildman–Crippen LogP) is 2.01. The maximum atomic E-state index is 11.8. The monoisotopic (exact) mass is 313 g/mol. The maximum absolute atomic E-state index is 11.8. The van der Waals surface area contributed by atoms with Crippen LogP contribution in [0.2, 0.25) is 0 Å². The molecule has 0 bridgehead atoms. The van der Waals surface area contributed by atoms with Gasteiger partial charge in [0, 0.05) is 56.4 Å². The Morgan fingerprint density at radius 2 is 1.96 bits per heavy atom. The third-order valence-electron chi connectivity index (χ3n) is 4.29. The number of aromatic nitrogens is 1. The van der Waals surface area contributed by atoms with Gasteiger partial charge in [-0.25, -0.2) is 0 Å². The molecule has 2 heterocycles. The second-order valence-electron chi connectivity index (χ2n) is 5.99. The highest BCUT2D eigenvalue weighted by Gasteiger charge is 2.17. The van der Waals surface area contributed by atoms with E-state index in [1.54, 1.807) is 12.3 Å². The van der Waals surface area contributed by atoms with Crippen LogP contribution in [-0.4, -0.2) is 43.2 Å². The van der Waals surface area contributed by atoms with Gasteiger partial charge < -0.3 is 14.6 Å². The lowest BCUT2D eigenvalue weighted by molar-refractivity contribution is 0.247. The van der Waals surface area contributed by atoms with E-state index < -0.39 is 0 Å². The number of hydrogen-bond acceptors (Lipinski definition) is 4. The minimum Gasteiger partial charge on any atom is -0.491 e. The number of piperazine rings is 1. The maximum Gasteiger partial charge on any atom is 0.223 e. The van der Waals surface area contributed by atoms with Crippen LogP contribution in [0.25, 0.3) is 0 Å². The summed E-state index contributed by atoms with van der Waals surface area (Å²) < 4.78 is 5.00. The fourth-order valence-electron chi connectivity index (χ4n) is 2.98. The molecular weight excluding hydrogens is 290 g/mol. The molecule has 0 atom stereocenters. The molecule has 5 heteroatoms. The third kappa shape index (κ3) is 3.74. The first-order valence-electron chi connectivity index (χ1n) is 7.95. The van der Waals surface area contributed by atoms with Crippen molar-refractivity contribution < 1.29 is 4.74 Å². The van der Waals surface area contributed by atoms with Crippen molar-refractivity contribution in [3.8, 4) is 5.75 Å². The van der Waals surface area contributed by atoms with Crippen molar-refractivity contribution in [3.05, 3.63) is 58.0 Å². The molecule has 0 aliphatic carbocycles. The van der Waals surface area contributed by atoms with E-state index in [9.17, 15) is 4.79 Å². The third-order valence-corrected chi connectivity index (χ3v) is 4.29. The van der Waals surface area contributed by atoms with Gasteiger partial charge in [0.15, 0.2) is 5.75 Å². The van der Waals surface area contributed by atoms with Gasteiger partial charge in [0.25, 0.3) is 0 Å². The quantitative estimate of drug-likeness (QED) is 0.938. The minimum absolute atomic E-state index is 0.0698. The summed E-state index contributed by atoms with van der Waals surface area (Å²) in [7, 11) is 1.51. The van der Waals surface area contributed by atoms with E-state index in [1.165, 1.54) is 18.4 Å². The summed E-state index contributed by atoms with van der Waals surface area (Å²) in [5.74, 6) is 0.359. The zero-order valence-electron chi connectivity index (χ0n) is 13.7. The van der Waals surface area contributed by atoms with Crippen molar-refractivity contribution in [2.75, 3.05) is 38.2 Å². The van der Waals surface area contributed by atoms with Crippen LogP contribution in [0.15, 0.2) is 41.3 Å². The van der Waals surface area contributed by atoms with Crippen LogP contribution in [-0.2, 0) is 6.54 Å². The Hall–Kier alpha value is -2.27. The number of methoxy groups -OCH3 is 1. The van der Waals surface area contributed by atoms with Gasteiger partial charge in [-0.1, -0.05) is 12.1 Å². The van der Waals surface area contributed by atoms with E-state index >= 15 is 0 Å². The zero-order valence-corrected chi connectivity index (χ0v) is 13.7. The number of ether oxygens (including phenoxy) is 1. The SMILES string of the molecule is COc1c[nH]c(CN2CCN(c3cccc(C)c3)CC2)cc1=O. The average molecular weight is 313 g/mol. The molecule has 1 aromatic heterocycles. The van der Waals surface area contributed by atoms with Gasteiger partial charge >= 0.3 is 0 Å². The Labute approximate surface area is 136 Å². The van der Waals surface area contributed by atoms with Crippen LogP contribution < -0.4 is 15.1 Å². The first-order valence-corrected chi connectivity index (χ1v) is 7.95. The molecule has 23 heavy (non-hydrogen) atoms. The van der Waals surface area contributed by atoms with Crippen LogP contribution in [0.5, 0.6) is 5.75 Å². The zero-order chi connectivity index (χ0) is 16.2. The second-order valence-corrected chi connectivity index (χ2v) is 5.99. The molecule has 1 aliphatic rings. The van der Waals surface area contributed by atoms with Crippen molar-refractivity contribution in [1.29, 1.82) is 0 Å². The summed E-state index contributed by atoms with van der Waals surface area (Å²) in [4.78, 5) is 19.7. The van der Waals surface area contributed by atoms with Gasteiger partial charge in [-0.3, -0.25) is 9.69 Å². The van der Waals surface area contributed by atoms with E-state index in [-0.39, 0.29) is 5.43 Å². The highest BCUT2D eigenvalue weighted by atomic mass is 16.5. The lowest BCUT2D eigenvalue weighted by Gasteiger charge is -2.36. The fraction of sp³-hybridized carbons (Fsp3) is 0.389. The molecule has 2 aromatic rings. The van der Waals surface area contributed by atoms with Gasteiger partial charge in [0.1, 0.15) is 0 Å². The number of anilines is 1. The highest BCUT2D eigenvalue weighted by molar-refractivity contribution is 5.48. The molecule has 0 saturated carbocycles. The number of aromatic amines is 1. The lowest BCUT2D eigenvalue weighted by Crippen LogP contribution is -2.46. The first kappa shape index (κ1) is 15.6. The number of H-pyrrole nitrogens is 1. The number of nitrogens with one attached hydrogen (secondary N) is 1. The summed E-state index contributed by atoms with van der Waals surface area (Å²) in [5, 5.41) is 0. The summed E-state index contributed by atoms with van der Waals surface area (Å²) >= 11 is 0. The van der Waals surface area contributed by atoms with Gasteiger partial charge in [0.05, 0.1) is 7.11 Å². The van der Waals surface area contributed by atoms with Crippen molar-refractivity contribution in [1.82, 2.24) is 9.88 Å². The normalized spacial score (nSPS) is 15.7. The molecule has 3 rings (SSSR count). The Kier molecular flexibility index (Phi) is 4.67. The van der Waals surface area contributed by atoms with E-state index in [1.807, 2.05) is 0 Å². The van der Waals surface area contributed by atoms with Gasteiger partial charge in [0.2, 0.25) is 5.43 Å². The summed E-state index contributed by atoms with van der Waals surface area (Å²) in [6, 6.07) is 10.3. The number of pyridine rings is 1. The first-order chi connectivity index (χ1) is 11.2. The molecule has 0 amide bonds. The fourth-order valence-corrected chi connectivity index (χ4v) is 2.98. The van der Waals surface area contributed by atoms with Crippen LogP contribution in [0.3, 0.4) is 0 Å². The molecular formula is C18H23N3O2. The lowest BCUT2D eigenvalue weighted by atomic mass is 10.2. The number of nitrogens with zero attached hydrogens (tertiary/aromatic N) is 2. The summed E-state index contributed by atoms with van der Waals surface area (Å²) in [6.45, 7) is 6.87. The molecule has 1 aliphatic heterocycles. The van der Waals surface area contributed by atoms with Crippen molar-refractivity contribution in [2.24, 2.45) is 0 Å². The number of hydrogen-bond donors (Lipinski definition) is 1. The van der Waals surface area contributed by atoms with Crippen LogP contribution in [0.1, 0.15) is 11.3 Å². The van der Waals surface area contributed by atoms with E-state index in [4.69, 9.17) is 4.74 Å². The Morgan fingerprint density at radius 3 is 2.61 bits per heavy atom. The van der Waals surface area contributed by atoms with E-state index in [0.717, 1.165) is 38.4 Å². The molecule has 0 radical (unpaired) electrons. The van der Waals surface area contributed by atoms with Crippen molar-refractivity contribution in [3.63, 3.8) is 0 Å². The van der Waals surface area contributed by atoms with Gasteiger partial charge in [-0.2, -0.15) is 0 Å². The average Bonchev–Trinajstić information content (AvgIpc) is 2.56. The Bertz CT molecular complexity index is 718. The molecule has 1 saturated heterocycles. The van der Waals surface area contributed by atoms with Crippen molar-refractivity contribution in [2.45, 2.75) is 13.5 Å². The number of benzene rings is 1. The Balaban J connectivity index is 1.59. The van der Waals surface area contributed by atoms with Gasteiger partial charge in [-0.05, 0) is 24.6 Å². The topological polar surface area (TPSA) is 48.6 Å². The molecule has 1 N–H and O–H groups in total. The predicted molar refractivity (Wildman–Crippen MR) is 92.3 cm³/mol. The molecule has 1 fully saturated rings. The van der Waals surface area contributed by atoms with Crippen LogP contribution in [0, 0.1) is 6.92 Å². The summed E-state index contributed by atoms with van der Waals surface area (Å²) in [6.07, 6.45) is 1.64. The Morgan fingerprint density at radius 1 is 1.17 bits per heavy atom. The standard InChI is InChI=1S/C18H23N3O2/c1-14-4-3-5-16(10-14)21-8-6-20(7-9-21)13-15-11-17(22)18(23-2)12-19-15/h3-5,10-12H,6-9,13H2,1-2H3,(H,19,22). The molecule has 0 spiro atoms. The van der Waals surface area contributed by atoms with Crippen LogP contribution in [0.4, 0.5) is 5.69 Å². The molecule has 1 aromatic carbocycles. The molecule has 0 unspecified atom stereocenters. The summed E-state index contributed by atoms with van der Waals surface area (Å²) in [5.41, 5.74) is 3.45. The van der Waals surface area contributed by atoms with Crippen LogP contribution >= 0.6 is 0 Å². The molecule has 5 nitrogen and oxygen atoms in total. The largest absolute Gasteiger partial charge is 0.491 e. The van der Waals surface area contributed by atoms with Crippen molar-refractivity contribution >= 4 is 5.69 Å². The highest BCUT2D eigenvalue weighted by Crippen LogP contribution is 2.18. The number of rotatable bonds is 4. The van der Waals surface area contributed by atoms with Gasteiger partial charge in [-0.15, -0.1) is 0 Å². The smallest absolute Gasteiger partial charge is 0.223 e. The second kappa shape index (κ2) is 6.87.